The van der Waals surface area contributed by atoms with Crippen molar-refractivity contribution in [2.45, 2.75) is 4.90 Å². The summed E-state index contributed by atoms with van der Waals surface area (Å²) in [5.41, 5.74) is 4.35. The van der Waals surface area contributed by atoms with Gasteiger partial charge in [-0.1, -0.05) is 0 Å². The quantitative estimate of drug-likeness (QED) is 0.708. The highest BCUT2D eigenvalue weighted by atomic mass is 32.2. The lowest BCUT2D eigenvalue weighted by atomic mass is 10.2. The Bertz CT molecular complexity index is 710. The molecule has 0 saturated heterocycles. The average Bonchev–Trinajstić information content (AvgIpc) is 2.37. The lowest BCUT2D eigenvalue weighted by molar-refractivity contribution is -0.137. The second-order valence-corrected chi connectivity index (χ2v) is 5.82. The van der Waals surface area contributed by atoms with Crippen molar-refractivity contribution in [3.05, 3.63) is 29.6 Å². The maximum atomic E-state index is 13.2. The number of halogens is 1. The first kappa shape index (κ1) is 16.5. The van der Waals surface area contributed by atoms with E-state index in [1.807, 2.05) is 0 Å². The van der Waals surface area contributed by atoms with Crippen molar-refractivity contribution in [1.82, 2.24) is 4.31 Å². The van der Waals surface area contributed by atoms with E-state index in [0.717, 1.165) is 18.2 Å². The molecule has 0 heterocycles. The predicted octanol–water partition coefficient (Wildman–Crippen LogP) is -0.742. The van der Waals surface area contributed by atoms with E-state index in [1.54, 1.807) is 0 Å². The molecule has 0 spiro atoms. The monoisotopic (exact) mass is 315 g/mol. The number of sulfonamides is 1. The van der Waals surface area contributed by atoms with Gasteiger partial charge < -0.3 is 10.8 Å². The summed E-state index contributed by atoms with van der Waals surface area (Å²) < 4.78 is 37.9. The zero-order valence-corrected chi connectivity index (χ0v) is 11.3. The summed E-state index contributed by atoms with van der Waals surface area (Å²) in [5, 5.41) is 17.4. The molecule has 0 aliphatic rings. The van der Waals surface area contributed by atoms with Crippen molar-refractivity contribution in [2.75, 3.05) is 13.1 Å². The molecule has 0 saturated carbocycles. The Morgan fingerprint density at radius 1 is 1.38 bits per heavy atom. The second-order valence-electron chi connectivity index (χ2n) is 3.89. The van der Waals surface area contributed by atoms with Crippen LogP contribution in [-0.4, -0.2) is 42.8 Å². The van der Waals surface area contributed by atoms with Gasteiger partial charge in [-0.3, -0.25) is 9.59 Å². The lowest BCUT2D eigenvalue weighted by Crippen LogP contribution is -2.41. The summed E-state index contributed by atoms with van der Waals surface area (Å²) in [7, 11) is -4.41. The number of benzene rings is 1. The van der Waals surface area contributed by atoms with Crippen molar-refractivity contribution in [3.8, 4) is 6.07 Å². The minimum Gasteiger partial charge on any atom is -0.480 e. The van der Waals surface area contributed by atoms with Gasteiger partial charge in [-0.05, 0) is 18.2 Å². The minimum atomic E-state index is -4.41. The molecule has 112 valence electrons. The van der Waals surface area contributed by atoms with Crippen molar-refractivity contribution in [1.29, 1.82) is 5.26 Å². The summed E-state index contributed by atoms with van der Waals surface area (Å²) in [5.74, 6) is -3.47. The van der Waals surface area contributed by atoms with E-state index in [9.17, 15) is 22.4 Å². The highest BCUT2D eigenvalue weighted by molar-refractivity contribution is 7.89. The molecule has 1 aromatic carbocycles. The van der Waals surface area contributed by atoms with E-state index in [1.165, 1.54) is 6.07 Å². The average molecular weight is 315 g/mol. The van der Waals surface area contributed by atoms with Crippen LogP contribution in [0.5, 0.6) is 0 Å². The van der Waals surface area contributed by atoms with E-state index < -0.39 is 51.3 Å². The number of nitriles is 1. The molecule has 21 heavy (non-hydrogen) atoms. The molecular weight excluding hydrogens is 305 g/mol. The largest absolute Gasteiger partial charge is 0.480 e. The molecule has 1 amide bonds. The highest BCUT2D eigenvalue weighted by Crippen LogP contribution is 2.18. The predicted molar refractivity (Wildman–Crippen MR) is 66.7 cm³/mol. The van der Waals surface area contributed by atoms with Gasteiger partial charge in [0.1, 0.15) is 18.4 Å². The molecule has 0 aliphatic heterocycles. The number of carbonyl (C=O) groups excluding carboxylic acids is 1. The zero-order valence-electron chi connectivity index (χ0n) is 10.5. The fourth-order valence-corrected chi connectivity index (χ4v) is 2.83. The Morgan fingerprint density at radius 2 is 2.00 bits per heavy atom. The van der Waals surface area contributed by atoms with Crippen molar-refractivity contribution in [3.63, 3.8) is 0 Å². The number of aliphatic carboxylic acids is 1. The number of nitrogens with zero attached hydrogens (tertiary/aromatic N) is 2. The zero-order chi connectivity index (χ0) is 16.2. The van der Waals surface area contributed by atoms with Crippen molar-refractivity contribution < 1.29 is 27.5 Å². The highest BCUT2D eigenvalue weighted by Gasteiger charge is 2.28. The van der Waals surface area contributed by atoms with Crippen LogP contribution >= 0.6 is 0 Å². The normalized spacial score (nSPS) is 11.1. The fraction of sp³-hybridized carbons (Fsp3) is 0.182. The standard InChI is InChI=1S/C11H10FN3O5S/c12-9-2-1-8(3-7(9)4-13)21(19,20)15(5-10(14)16)6-11(17)18/h1-3H,5-6H2,(H2,14,16)(H,17,18). The van der Waals surface area contributed by atoms with Crippen LogP contribution in [0.15, 0.2) is 23.1 Å². The van der Waals surface area contributed by atoms with Crippen LogP contribution in [0.2, 0.25) is 0 Å². The molecule has 8 nitrogen and oxygen atoms in total. The van der Waals surface area contributed by atoms with Gasteiger partial charge in [0.2, 0.25) is 15.9 Å². The molecule has 0 unspecified atom stereocenters. The minimum absolute atomic E-state index is 0.325. The molecule has 1 aromatic rings. The third-order valence-corrected chi connectivity index (χ3v) is 4.13. The van der Waals surface area contributed by atoms with E-state index in [2.05, 4.69) is 0 Å². The van der Waals surface area contributed by atoms with Gasteiger partial charge in [-0.15, -0.1) is 0 Å². The topological polar surface area (TPSA) is 142 Å². The number of primary amides is 1. The molecule has 0 aliphatic carbocycles. The first-order valence-corrected chi connectivity index (χ1v) is 6.82. The van der Waals surface area contributed by atoms with Gasteiger partial charge in [-0.25, -0.2) is 12.8 Å². The number of carboxylic acid groups (broad SMARTS) is 1. The Labute approximate surface area is 119 Å². The number of amides is 1. The molecular formula is C11H10FN3O5S. The van der Waals surface area contributed by atoms with Gasteiger partial charge in [0.15, 0.2) is 0 Å². The van der Waals surface area contributed by atoms with E-state index >= 15 is 0 Å². The molecule has 10 heteroatoms. The molecule has 1 rings (SSSR count). The van der Waals surface area contributed by atoms with Crippen LogP contribution in [-0.2, 0) is 19.6 Å². The Kier molecular flexibility index (Phi) is 4.96. The van der Waals surface area contributed by atoms with Crippen LogP contribution < -0.4 is 5.73 Å². The molecule has 0 bridgehead atoms. The van der Waals surface area contributed by atoms with E-state index in [4.69, 9.17) is 16.1 Å². The van der Waals surface area contributed by atoms with Gasteiger partial charge in [0.25, 0.3) is 0 Å². The van der Waals surface area contributed by atoms with E-state index in [-0.39, 0.29) is 0 Å². The van der Waals surface area contributed by atoms with Crippen LogP contribution in [0.1, 0.15) is 5.56 Å². The Balaban J connectivity index is 3.31. The smallest absolute Gasteiger partial charge is 0.318 e. The summed E-state index contributed by atoms with van der Waals surface area (Å²) in [4.78, 5) is 21.0. The lowest BCUT2D eigenvalue weighted by Gasteiger charge is -2.18. The number of rotatable bonds is 6. The molecule has 0 atom stereocenters. The third-order valence-electron chi connectivity index (χ3n) is 2.34. The Hall–Kier alpha value is -2.51. The third kappa shape index (κ3) is 3.98. The first-order valence-electron chi connectivity index (χ1n) is 5.38. The first-order chi connectivity index (χ1) is 9.68. The fourth-order valence-electron chi connectivity index (χ4n) is 1.45. The van der Waals surface area contributed by atoms with Crippen LogP contribution in [0.3, 0.4) is 0 Å². The number of carboxylic acids is 1. The van der Waals surface area contributed by atoms with Gasteiger partial charge >= 0.3 is 5.97 Å². The van der Waals surface area contributed by atoms with Gasteiger partial charge in [0, 0.05) is 0 Å². The van der Waals surface area contributed by atoms with Gasteiger partial charge in [0.05, 0.1) is 17.0 Å². The molecule has 0 fully saturated rings. The maximum Gasteiger partial charge on any atom is 0.318 e. The number of carbonyl (C=O) groups is 2. The van der Waals surface area contributed by atoms with E-state index in [0.29, 0.717) is 4.31 Å². The summed E-state index contributed by atoms with van der Waals surface area (Å²) in [6.07, 6.45) is 0. The molecule has 3 N–H and O–H groups in total. The van der Waals surface area contributed by atoms with Gasteiger partial charge in [-0.2, -0.15) is 9.57 Å². The number of hydrogen-bond donors (Lipinski definition) is 2. The van der Waals surface area contributed by atoms with Crippen LogP contribution in [0.4, 0.5) is 4.39 Å². The second kappa shape index (κ2) is 6.29. The number of hydrogen-bond acceptors (Lipinski definition) is 5. The molecule has 0 radical (unpaired) electrons. The van der Waals surface area contributed by atoms with Crippen molar-refractivity contribution in [2.24, 2.45) is 5.73 Å². The SMILES string of the molecule is N#Cc1cc(S(=O)(=O)N(CC(N)=O)CC(=O)O)ccc1F. The number of nitrogens with two attached hydrogens (primary N) is 1. The van der Waals surface area contributed by atoms with Crippen LogP contribution in [0.25, 0.3) is 0 Å². The van der Waals surface area contributed by atoms with Crippen LogP contribution in [0, 0.1) is 17.1 Å². The maximum absolute atomic E-state index is 13.2. The molecule has 0 aromatic heterocycles. The summed E-state index contributed by atoms with van der Waals surface area (Å²) >= 11 is 0. The Morgan fingerprint density at radius 3 is 2.48 bits per heavy atom. The summed E-state index contributed by atoms with van der Waals surface area (Å²) in [6.45, 7) is -1.85. The van der Waals surface area contributed by atoms with Crippen molar-refractivity contribution >= 4 is 21.9 Å². The summed E-state index contributed by atoms with van der Waals surface area (Å²) in [6, 6.07) is 3.83.